The van der Waals surface area contributed by atoms with Gasteiger partial charge in [-0.15, -0.1) is 0 Å². The van der Waals surface area contributed by atoms with Gasteiger partial charge in [-0.3, -0.25) is 0 Å². The molecule has 2 aromatic carbocycles. The first-order valence-corrected chi connectivity index (χ1v) is 6.30. The van der Waals surface area contributed by atoms with Crippen molar-refractivity contribution in [1.29, 1.82) is 0 Å². The zero-order valence-electron chi connectivity index (χ0n) is 10.9. The predicted octanol–water partition coefficient (Wildman–Crippen LogP) is 3.38. The Morgan fingerprint density at radius 2 is 1.71 bits per heavy atom. The Hall–Kier alpha value is -2.95. The van der Waals surface area contributed by atoms with Crippen LogP contribution in [0.3, 0.4) is 0 Å². The number of carbonyl (C=O) groups is 1. The Balaban J connectivity index is 2.19. The zero-order valence-corrected chi connectivity index (χ0v) is 10.9. The van der Waals surface area contributed by atoms with Crippen LogP contribution in [0.5, 0.6) is 0 Å². The number of aromatic carboxylic acids is 1. The lowest BCUT2D eigenvalue weighted by Gasteiger charge is -2.05. The molecule has 1 aromatic heterocycles. The van der Waals surface area contributed by atoms with Gasteiger partial charge in [0.2, 0.25) is 0 Å². The molecule has 3 aromatic rings. The fourth-order valence-electron chi connectivity index (χ4n) is 2.09. The number of halogens is 1. The van der Waals surface area contributed by atoms with Crippen molar-refractivity contribution in [2.75, 3.05) is 0 Å². The minimum Gasteiger partial charge on any atom is -0.477 e. The molecule has 0 atom stereocenters. The van der Waals surface area contributed by atoms with Gasteiger partial charge >= 0.3 is 5.97 Å². The molecule has 4 nitrogen and oxygen atoms in total. The normalized spacial score (nSPS) is 10.5. The van der Waals surface area contributed by atoms with Gasteiger partial charge in [-0.25, -0.2) is 13.9 Å². The van der Waals surface area contributed by atoms with E-state index in [1.54, 1.807) is 12.1 Å². The van der Waals surface area contributed by atoms with Crippen LogP contribution in [0.4, 0.5) is 4.39 Å². The minimum absolute atomic E-state index is 0.0843. The predicted molar refractivity (Wildman–Crippen MR) is 75.9 cm³/mol. The van der Waals surface area contributed by atoms with Gasteiger partial charge in [-0.1, -0.05) is 42.5 Å². The van der Waals surface area contributed by atoms with Crippen molar-refractivity contribution in [2.24, 2.45) is 0 Å². The van der Waals surface area contributed by atoms with Crippen molar-refractivity contribution in [3.63, 3.8) is 0 Å². The maximum atomic E-state index is 13.9. The van der Waals surface area contributed by atoms with E-state index in [1.807, 2.05) is 30.3 Å². The Morgan fingerprint density at radius 1 is 1.05 bits per heavy atom. The molecule has 0 amide bonds. The molecule has 0 aliphatic carbocycles. The first kappa shape index (κ1) is 13.1. The lowest BCUT2D eigenvalue weighted by molar-refractivity contribution is 0.0687. The van der Waals surface area contributed by atoms with E-state index >= 15 is 0 Å². The summed E-state index contributed by atoms with van der Waals surface area (Å²) in [5.74, 6) is -1.68. The highest BCUT2D eigenvalue weighted by Gasteiger charge is 2.18. The lowest BCUT2D eigenvalue weighted by atomic mass is 10.1. The minimum atomic E-state index is -1.16. The molecule has 0 radical (unpaired) electrons. The van der Waals surface area contributed by atoms with Gasteiger partial charge in [-0.2, -0.15) is 5.10 Å². The first-order valence-electron chi connectivity index (χ1n) is 6.30. The fraction of sp³-hybridized carbons (Fsp3) is 0. The number of rotatable bonds is 3. The molecular formula is C16H11FN2O2. The number of carboxylic acid groups (broad SMARTS) is 1. The Kier molecular flexibility index (Phi) is 3.23. The monoisotopic (exact) mass is 282 g/mol. The summed E-state index contributed by atoms with van der Waals surface area (Å²) in [6.45, 7) is 0. The van der Waals surface area contributed by atoms with Crippen molar-refractivity contribution in [3.05, 3.63) is 72.2 Å². The quantitative estimate of drug-likeness (QED) is 0.801. The lowest BCUT2D eigenvalue weighted by Crippen LogP contribution is -2.09. The molecule has 0 saturated heterocycles. The maximum absolute atomic E-state index is 13.9. The largest absolute Gasteiger partial charge is 0.477 e. The van der Waals surface area contributed by atoms with E-state index < -0.39 is 11.8 Å². The highest BCUT2D eigenvalue weighted by molar-refractivity contribution is 5.88. The van der Waals surface area contributed by atoms with Crippen molar-refractivity contribution in [2.45, 2.75) is 0 Å². The first-order chi connectivity index (χ1) is 10.2. The van der Waals surface area contributed by atoms with Gasteiger partial charge in [0.05, 0.1) is 5.69 Å². The molecule has 5 heteroatoms. The highest BCUT2D eigenvalue weighted by atomic mass is 19.1. The molecule has 0 spiro atoms. The van der Waals surface area contributed by atoms with Crippen LogP contribution in [0.15, 0.2) is 60.7 Å². The van der Waals surface area contributed by atoms with E-state index in [1.165, 1.54) is 18.2 Å². The summed E-state index contributed by atoms with van der Waals surface area (Å²) in [6.07, 6.45) is 0. The van der Waals surface area contributed by atoms with E-state index in [0.29, 0.717) is 5.69 Å². The van der Waals surface area contributed by atoms with Gasteiger partial charge in [-0.05, 0) is 18.2 Å². The van der Waals surface area contributed by atoms with Crippen LogP contribution in [-0.2, 0) is 0 Å². The molecule has 0 bridgehead atoms. The van der Waals surface area contributed by atoms with Crippen molar-refractivity contribution in [1.82, 2.24) is 9.78 Å². The summed E-state index contributed by atoms with van der Waals surface area (Å²) < 4.78 is 15.0. The number of benzene rings is 2. The van der Waals surface area contributed by atoms with Crippen molar-refractivity contribution in [3.8, 4) is 16.9 Å². The molecule has 0 aliphatic rings. The third-order valence-corrected chi connectivity index (χ3v) is 3.08. The molecule has 1 heterocycles. The van der Waals surface area contributed by atoms with Gasteiger partial charge < -0.3 is 5.11 Å². The molecule has 3 rings (SSSR count). The number of hydrogen-bond acceptors (Lipinski definition) is 2. The van der Waals surface area contributed by atoms with Gasteiger partial charge in [0, 0.05) is 5.56 Å². The molecule has 1 N–H and O–H groups in total. The third kappa shape index (κ3) is 2.41. The van der Waals surface area contributed by atoms with Crippen LogP contribution >= 0.6 is 0 Å². The van der Waals surface area contributed by atoms with E-state index in [4.69, 9.17) is 0 Å². The molecule has 0 fully saturated rings. The van der Waals surface area contributed by atoms with Gasteiger partial charge in [0.15, 0.2) is 5.69 Å². The number of aromatic nitrogens is 2. The van der Waals surface area contributed by atoms with Gasteiger partial charge in [0.1, 0.15) is 11.5 Å². The smallest absolute Gasteiger partial charge is 0.354 e. The van der Waals surface area contributed by atoms with Crippen LogP contribution in [0.1, 0.15) is 10.5 Å². The average Bonchev–Trinajstić information content (AvgIpc) is 2.94. The molecule has 0 aliphatic heterocycles. The third-order valence-electron chi connectivity index (χ3n) is 3.08. The van der Waals surface area contributed by atoms with E-state index in [9.17, 15) is 14.3 Å². The van der Waals surface area contributed by atoms with Gasteiger partial charge in [0.25, 0.3) is 0 Å². The van der Waals surface area contributed by atoms with Crippen LogP contribution in [0, 0.1) is 5.82 Å². The number of para-hydroxylation sites is 1. The Bertz CT molecular complexity index is 797. The van der Waals surface area contributed by atoms with Crippen molar-refractivity contribution < 1.29 is 14.3 Å². The van der Waals surface area contributed by atoms with Crippen LogP contribution in [0.25, 0.3) is 16.9 Å². The van der Waals surface area contributed by atoms with E-state index in [-0.39, 0.29) is 11.4 Å². The molecule has 0 saturated carbocycles. The standard InChI is InChI=1S/C16H11FN2O2/c17-12-8-4-5-9-14(12)19-15(16(20)21)10-13(18-19)11-6-2-1-3-7-11/h1-10H,(H,20,21). The van der Waals surface area contributed by atoms with Crippen LogP contribution < -0.4 is 0 Å². The number of carboxylic acids is 1. The molecule has 104 valence electrons. The second-order valence-corrected chi connectivity index (χ2v) is 4.45. The fourth-order valence-corrected chi connectivity index (χ4v) is 2.09. The van der Waals surface area contributed by atoms with E-state index in [0.717, 1.165) is 10.2 Å². The zero-order chi connectivity index (χ0) is 14.8. The summed E-state index contributed by atoms with van der Waals surface area (Å²) >= 11 is 0. The number of nitrogens with zero attached hydrogens (tertiary/aromatic N) is 2. The summed E-state index contributed by atoms with van der Waals surface area (Å²) in [6, 6.07) is 16.5. The van der Waals surface area contributed by atoms with Crippen LogP contribution in [0.2, 0.25) is 0 Å². The summed E-state index contributed by atoms with van der Waals surface area (Å²) in [4.78, 5) is 11.4. The summed E-state index contributed by atoms with van der Waals surface area (Å²) in [5, 5.41) is 13.5. The Morgan fingerprint density at radius 3 is 2.38 bits per heavy atom. The SMILES string of the molecule is O=C(O)c1cc(-c2ccccc2)nn1-c1ccccc1F. The van der Waals surface area contributed by atoms with E-state index in [2.05, 4.69) is 5.10 Å². The topological polar surface area (TPSA) is 55.1 Å². The Labute approximate surface area is 120 Å². The molecule has 0 unspecified atom stereocenters. The summed E-state index contributed by atoms with van der Waals surface area (Å²) in [5.41, 5.74) is 1.28. The maximum Gasteiger partial charge on any atom is 0.354 e. The second kappa shape index (κ2) is 5.20. The van der Waals surface area contributed by atoms with Crippen LogP contribution in [-0.4, -0.2) is 20.9 Å². The average molecular weight is 282 g/mol. The highest BCUT2D eigenvalue weighted by Crippen LogP contribution is 2.22. The number of hydrogen-bond donors (Lipinski definition) is 1. The summed E-state index contributed by atoms with van der Waals surface area (Å²) in [7, 11) is 0. The molecule has 21 heavy (non-hydrogen) atoms. The second-order valence-electron chi connectivity index (χ2n) is 4.45. The van der Waals surface area contributed by atoms with Crippen molar-refractivity contribution >= 4 is 5.97 Å². The molecular weight excluding hydrogens is 271 g/mol.